The van der Waals surface area contributed by atoms with E-state index < -0.39 is 5.60 Å². The summed E-state index contributed by atoms with van der Waals surface area (Å²) < 4.78 is 6.00. The molecular weight excluding hydrogens is 220 g/mol. The lowest BCUT2D eigenvalue weighted by molar-refractivity contribution is -0.00645. The smallest absolute Gasteiger partial charge is 0.101 e. The highest BCUT2D eigenvalue weighted by atomic mass is 35.5. The first kappa shape index (κ1) is 10.4. The summed E-state index contributed by atoms with van der Waals surface area (Å²) in [6, 6.07) is 3.72. The maximum Gasteiger partial charge on any atom is 0.101 e. The molecule has 1 fully saturated rings. The zero-order valence-electron chi connectivity index (χ0n) is 8.00. The van der Waals surface area contributed by atoms with Crippen LogP contribution in [0.4, 0.5) is 0 Å². The van der Waals surface area contributed by atoms with Gasteiger partial charge in [-0.15, -0.1) is 11.3 Å². The molecule has 0 saturated carbocycles. The lowest BCUT2D eigenvalue weighted by atomic mass is 9.87. The molecule has 0 aromatic carbocycles. The second-order valence-corrected chi connectivity index (χ2v) is 5.53. The monoisotopic (exact) mass is 232 g/mol. The zero-order chi connectivity index (χ0) is 10.2. The maximum atomic E-state index is 10.4. The zero-order valence-corrected chi connectivity index (χ0v) is 9.57. The second-order valence-electron chi connectivity index (χ2n) is 3.81. The molecular formula is C10H13ClO2S. The first-order chi connectivity index (χ1) is 6.60. The highest BCUT2D eigenvalue weighted by molar-refractivity contribution is 7.16. The van der Waals surface area contributed by atoms with Crippen LogP contribution in [-0.4, -0.2) is 18.3 Å². The van der Waals surface area contributed by atoms with Crippen molar-refractivity contribution in [3.8, 4) is 0 Å². The van der Waals surface area contributed by atoms with E-state index >= 15 is 0 Å². The van der Waals surface area contributed by atoms with Gasteiger partial charge in [0.25, 0.3) is 0 Å². The van der Waals surface area contributed by atoms with Gasteiger partial charge in [-0.2, -0.15) is 0 Å². The van der Waals surface area contributed by atoms with Crippen molar-refractivity contribution in [2.24, 2.45) is 5.92 Å². The summed E-state index contributed by atoms with van der Waals surface area (Å²) in [5.41, 5.74) is -0.797. The average Bonchev–Trinajstić information content (AvgIpc) is 2.72. The minimum absolute atomic E-state index is 0.192. The van der Waals surface area contributed by atoms with E-state index in [1.54, 1.807) is 0 Å². The summed E-state index contributed by atoms with van der Waals surface area (Å²) >= 11 is 7.29. The van der Waals surface area contributed by atoms with Crippen LogP contribution in [0.1, 0.15) is 18.2 Å². The van der Waals surface area contributed by atoms with Crippen molar-refractivity contribution in [1.82, 2.24) is 0 Å². The van der Waals surface area contributed by atoms with Crippen LogP contribution in [0.2, 0.25) is 4.34 Å². The molecule has 78 valence electrons. The summed E-state index contributed by atoms with van der Waals surface area (Å²) in [6.07, 6.45) is 0.919. The topological polar surface area (TPSA) is 29.5 Å². The second kappa shape index (κ2) is 3.81. The predicted molar refractivity (Wildman–Crippen MR) is 57.8 cm³/mol. The van der Waals surface area contributed by atoms with E-state index in [0.717, 1.165) is 22.2 Å². The van der Waals surface area contributed by atoms with Crippen molar-refractivity contribution < 1.29 is 9.84 Å². The third-order valence-corrected chi connectivity index (χ3v) is 4.25. The summed E-state index contributed by atoms with van der Waals surface area (Å²) in [5.74, 6) is 0.192. The minimum Gasteiger partial charge on any atom is -0.384 e. The Morgan fingerprint density at radius 2 is 2.43 bits per heavy atom. The molecule has 2 heterocycles. The number of thiophene rings is 1. The van der Waals surface area contributed by atoms with Gasteiger partial charge in [-0.05, 0) is 25.5 Å². The van der Waals surface area contributed by atoms with Crippen LogP contribution in [0, 0.1) is 5.92 Å². The molecule has 2 atom stereocenters. The number of rotatable bonds is 2. The van der Waals surface area contributed by atoms with Gasteiger partial charge in [-0.1, -0.05) is 11.6 Å². The lowest BCUT2D eigenvalue weighted by Crippen LogP contribution is -2.31. The molecule has 0 spiro atoms. The predicted octanol–water partition coefficient (Wildman–Crippen LogP) is 2.65. The van der Waals surface area contributed by atoms with Crippen molar-refractivity contribution in [3.63, 3.8) is 0 Å². The number of ether oxygens (including phenoxy) is 1. The Hall–Kier alpha value is -0.0900. The molecule has 1 saturated heterocycles. The first-order valence-corrected chi connectivity index (χ1v) is 5.86. The van der Waals surface area contributed by atoms with Gasteiger partial charge in [0.1, 0.15) is 5.60 Å². The average molecular weight is 233 g/mol. The van der Waals surface area contributed by atoms with Crippen LogP contribution in [0.3, 0.4) is 0 Å². The van der Waals surface area contributed by atoms with E-state index in [1.807, 2.05) is 19.1 Å². The number of hydrogen-bond acceptors (Lipinski definition) is 3. The van der Waals surface area contributed by atoms with Crippen molar-refractivity contribution in [3.05, 3.63) is 21.3 Å². The molecule has 0 aliphatic carbocycles. The van der Waals surface area contributed by atoms with E-state index in [9.17, 15) is 5.11 Å². The van der Waals surface area contributed by atoms with Gasteiger partial charge in [0.15, 0.2) is 0 Å². The Morgan fingerprint density at radius 3 is 2.93 bits per heavy atom. The Kier molecular flexibility index (Phi) is 2.84. The van der Waals surface area contributed by atoms with Gasteiger partial charge in [-0.3, -0.25) is 0 Å². The molecule has 1 N–H and O–H groups in total. The van der Waals surface area contributed by atoms with E-state index in [0.29, 0.717) is 6.61 Å². The van der Waals surface area contributed by atoms with Crippen molar-refractivity contribution in [2.45, 2.75) is 18.9 Å². The molecule has 4 heteroatoms. The summed E-state index contributed by atoms with van der Waals surface area (Å²) in [5, 5.41) is 10.4. The molecule has 0 bridgehead atoms. The van der Waals surface area contributed by atoms with Gasteiger partial charge in [0.2, 0.25) is 0 Å². The normalized spacial score (nSPS) is 26.4. The third kappa shape index (κ3) is 1.82. The van der Waals surface area contributed by atoms with Crippen LogP contribution in [-0.2, 0) is 10.3 Å². The Morgan fingerprint density at radius 1 is 1.64 bits per heavy atom. The fourth-order valence-corrected chi connectivity index (χ4v) is 2.93. The fraction of sp³-hybridized carbons (Fsp3) is 0.600. The molecule has 0 radical (unpaired) electrons. The Bertz CT molecular complexity index is 316. The van der Waals surface area contributed by atoms with Crippen molar-refractivity contribution in [2.75, 3.05) is 13.2 Å². The van der Waals surface area contributed by atoms with E-state index in [2.05, 4.69) is 0 Å². The van der Waals surface area contributed by atoms with Gasteiger partial charge < -0.3 is 9.84 Å². The van der Waals surface area contributed by atoms with Crippen LogP contribution in [0.25, 0.3) is 0 Å². The van der Waals surface area contributed by atoms with Gasteiger partial charge in [0.05, 0.1) is 10.9 Å². The first-order valence-electron chi connectivity index (χ1n) is 4.66. The van der Waals surface area contributed by atoms with E-state index in [-0.39, 0.29) is 5.92 Å². The maximum absolute atomic E-state index is 10.4. The third-order valence-electron chi connectivity index (χ3n) is 2.80. The van der Waals surface area contributed by atoms with Crippen LogP contribution < -0.4 is 0 Å². The molecule has 1 aromatic heterocycles. The van der Waals surface area contributed by atoms with E-state index in [1.165, 1.54) is 11.3 Å². The number of aliphatic hydroxyl groups is 1. The standard InChI is InChI=1S/C10H13ClO2S/c1-10(12,7-4-5-13-6-7)8-2-3-9(11)14-8/h2-3,7,12H,4-6H2,1H3. The molecule has 0 amide bonds. The fourth-order valence-electron chi connectivity index (χ4n) is 1.77. The lowest BCUT2D eigenvalue weighted by Gasteiger charge is -2.27. The van der Waals surface area contributed by atoms with Gasteiger partial charge in [0, 0.05) is 17.4 Å². The van der Waals surface area contributed by atoms with Gasteiger partial charge in [-0.25, -0.2) is 0 Å². The molecule has 2 nitrogen and oxygen atoms in total. The highest BCUT2D eigenvalue weighted by Gasteiger charge is 2.37. The molecule has 2 unspecified atom stereocenters. The van der Waals surface area contributed by atoms with Gasteiger partial charge >= 0.3 is 0 Å². The summed E-state index contributed by atoms with van der Waals surface area (Å²) in [4.78, 5) is 0.929. The Labute approximate surface area is 92.5 Å². The number of hydrogen-bond donors (Lipinski definition) is 1. The summed E-state index contributed by atoms with van der Waals surface area (Å²) in [7, 11) is 0. The van der Waals surface area contributed by atoms with Crippen molar-refractivity contribution in [1.29, 1.82) is 0 Å². The molecule has 1 aliphatic heterocycles. The molecule has 1 aromatic rings. The molecule has 2 rings (SSSR count). The quantitative estimate of drug-likeness (QED) is 0.850. The molecule has 1 aliphatic rings. The van der Waals surface area contributed by atoms with Crippen LogP contribution >= 0.6 is 22.9 Å². The largest absolute Gasteiger partial charge is 0.384 e. The van der Waals surface area contributed by atoms with Crippen LogP contribution in [0.5, 0.6) is 0 Å². The summed E-state index contributed by atoms with van der Waals surface area (Å²) in [6.45, 7) is 3.23. The SMILES string of the molecule is CC(O)(c1ccc(Cl)s1)C1CCOC1. The van der Waals surface area contributed by atoms with Crippen LogP contribution in [0.15, 0.2) is 12.1 Å². The number of halogens is 1. The van der Waals surface area contributed by atoms with Crippen molar-refractivity contribution >= 4 is 22.9 Å². The Balaban J connectivity index is 2.22. The highest BCUT2D eigenvalue weighted by Crippen LogP contribution is 2.39. The minimum atomic E-state index is -0.797. The van der Waals surface area contributed by atoms with E-state index in [4.69, 9.17) is 16.3 Å². The molecule has 14 heavy (non-hydrogen) atoms.